The molecule has 2 N–H and O–H groups in total. The summed E-state index contributed by atoms with van der Waals surface area (Å²) in [5, 5.41) is 14.4. The van der Waals surface area contributed by atoms with E-state index in [1.807, 2.05) is 6.92 Å². The highest BCUT2D eigenvalue weighted by Gasteiger charge is 2.16. The minimum absolute atomic E-state index is 0.165. The van der Waals surface area contributed by atoms with Gasteiger partial charge in [0.1, 0.15) is 0 Å². The Morgan fingerprint density at radius 3 is 2.43 bits per heavy atom. The molecule has 1 amide bonds. The van der Waals surface area contributed by atoms with Crippen molar-refractivity contribution in [2.75, 3.05) is 6.54 Å². The number of rotatable bonds is 8. The van der Waals surface area contributed by atoms with Crippen LogP contribution in [0.3, 0.4) is 0 Å². The summed E-state index contributed by atoms with van der Waals surface area (Å²) >= 11 is 0. The molecule has 1 rings (SSSR count). The molecule has 0 heterocycles. The Bertz CT molecular complexity index is 698. The quantitative estimate of drug-likeness (QED) is 0.416. The van der Waals surface area contributed by atoms with Crippen LogP contribution in [0, 0.1) is 10.1 Å². The molecule has 9 nitrogen and oxygen atoms in total. The molecule has 0 aliphatic carbocycles. The fraction of sp³-hybridized carbons (Fsp3) is 0.385. The molecule has 10 heteroatoms. The SMILES string of the molecule is CCCC(C)=NNC(=O)CNS(=O)(=O)c1ccc([N+](=O)[O-])cc1. The van der Waals surface area contributed by atoms with Gasteiger partial charge in [0.2, 0.25) is 10.0 Å². The Kier molecular flexibility index (Phi) is 6.79. The van der Waals surface area contributed by atoms with E-state index in [-0.39, 0.29) is 10.6 Å². The molecule has 1 aromatic rings. The molecule has 0 atom stereocenters. The molecule has 0 unspecified atom stereocenters. The number of nitro groups is 1. The van der Waals surface area contributed by atoms with Gasteiger partial charge in [-0.2, -0.15) is 5.10 Å². The van der Waals surface area contributed by atoms with Crippen molar-refractivity contribution in [3.8, 4) is 0 Å². The van der Waals surface area contributed by atoms with Crippen molar-refractivity contribution in [1.82, 2.24) is 10.1 Å². The molecule has 0 fully saturated rings. The van der Waals surface area contributed by atoms with Gasteiger partial charge in [-0.3, -0.25) is 14.9 Å². The van der Waals surface area contributed by atoms with Gasteiger partial charge in [-0.05, 0) is 25.5 Å². The van der Waals surface area contributed by atoms with Crippen LogP contribution >= 0.6 is 0 Å². The lowest BCUT2D eigenvalue weighted by Crippen LogP contribution is -2.35. The Balaban J connectivity index is 2.63. The minimum atomic E-state index is -3.93. The minimum Gasteiger partial charge on any atom is -0.272 e. The van der Waals surface area contributed by atoms with Crippen LogP contribution in [-0.4, -0.2) is 31.5 Å². The molecular weight excluding hydrogens is 324 g/mol. The zero-order chi connectivity index (χ0) is 17.5. The van der Waals surface area contributed by atoms with Crippen LogP contribution in [-0.2, 0) is 14.8 Å². The lowest BCUT2D eigenvalue weighted by Gasteiger charge is -2.06. The predicted molar refractivity (Wildman–Crippen MR) is 84.4 cm³/mol. The van der Waals surface area contributed by atoms with E-state index in [2.05, 4.69) is 15.2 Å². The number of carbonyl (C=O) groups is 1. The van der Waals surface area contributed by atoms with Crippen molar-refractivity contribution in [2.24, 2.45) is 5.10 Å². The van der Waals surface area contributed by atoms with Crippen molar-refractivity contribution < 1.29 is 18.1 Å². The maximum Gasteiger partial charge on any atom is 0.269 e. The summed E-state index contributed by atoms with van der Waals surface area (Å²) in [4.78, 5) is 21.3. The van der Waals surface area contributed by atoms with Gasteiger partial charge in [0.15, 0.2) is 0 Å². The van der Waals surface area contributed by atoms with Gasteiger partial charge in [-0.1, -0.05) is 13.3 Å². The second-order valence-electron chi connectivity index (χ2n) is 4.71. The first-order valence-corrected chi connectivity index (χ1v) is 8.30. The van der Waals surface area contributed by atoms with E-state index in [0.29, 0.717) is 0 Å². The van der Waals surface area contributed by atoms with E-state index in [4.69, 9.17) is 0 Å². The van der Waals surface area contributed by atoms with E-state index in [9.17, 15) is 23.3 Å². The molecular formula is C13H18N4O5S. The molecule has 0 aliphatic rings. The number of nitrogens with zero attached hydrogens (tertiary/aromatic N) is 2. The van der Waals surface area contributed by atoms with Crippen LogP contribution in [0.4, 0.5) is 5.69 Å². The molecule has 1 aromatic carbocycles. The summed E-state index contributed by atoms with van der Waals surface area (Å²) in [5.41, 5.74) is 2.76. The molecule has 0 saturated heterocycles. The van der Waals surface area contributed by atoms with Gasteiger partial charge >= 0.3 is 0 Å². The van der Waals surface area contributed by atoms with Gasteiger partial charge in [0.05, 0.1) is 16.4 Å². The lowest BCUT2D eigenvalue weighted by molar-refractivity contribution is -0.384. The van der Waals surface area contributed by atoms with Gasteiger partial charge in [-0.15, -0.1) is 0 Å². The zero-order valence-corrected chi connectivity index (χ0v) is 13.6. The van der Waals surface area contributed by atoms with Crippen molar-refractivity contribution in [3.63, 3.8) is 0 Å². The molecule has 0 saturated carbocycles. The van der Waals surface area contributed by atoms with Crippen LogP contribution in [0.15, 0.2) is 34.3 Å². The number of hydrogen-bond acceptors (Lipinski definition) is 6. The first kappa shape index (κ1) is 18.7. The van der Waals surface area contributed by atoms with Crippen molar-refractivity contribution in [1.29, 1.82) is 0 Å². The van der Waals surface area contributed by atoms with E-state index in [1.165, 1.54) is 0 Å². The van der Waals surface area contributed by atoms with Crippen LogP contribution in [0.25, 0.3) is 0 Å². The number of hydrogen-bond donors (Lipinski definition) is 2. The van der Waals surface area contributed by atoms with E-state index < -0.39 is 27.4 Å². The van der Waals surface area contributed by atoms with Crippen LogP contribution < -0.4 is 10.1 Å². The number of non-ortho nitro benzene ring substituents is 1. The maximum absolute atomic E-state index is 12.0. The van der Waals surface area contributed by atoms with Crippen LogP contribution in [0.5, 0.6) is 0 Å². The smallest absolute Gasteiger partial charge is 0.269 e. The summed E-state index contributed by atoms with van der Waals surface area (Å²) < 4.78 is 26.0. The average molecular weight is 342 g/mol. The fourth-order valence-electron chi connectivity index (χ4n) is 1.61. The highest BCUT2D eigenvalue weighted by Crippen LogP contribution is 2.15. The Labute approximate surface area is 134 Å². The summed E-state index contributed by atoms with van der Waals surface area (Å²) in [5.74, 6) is -0.606. The van der Waals surface area contributed by atoms with Gasteiger partial charge < -0.3 is 0 Å². The zero-order valence-electron chi connectivity index (χ0n) is 12.8. The molecule has 126 valence electrons. The third kappa shape index (κ3) is 6.12. The standard InChI is InChI=1S/C13H18N4O5S/c1-3-4-10(2)15-16-13(18)9-14-23(21,22)12-7-5-11(6-8-12)17(19)20/h5-8,14H,3-4,9H2,1-2H3,(H,16,18). The number of amides is 1. The predicted octanol–water partition coefficient (Wildman–Crippen LogP) is 1.17. The highest BCUT2D eigenvalue weighted by molar-refractivity contribution is 7.89. The summed E-state index contributed by atoms with van der Waals surface area (Å²) in [6.07, 6.45) is 1.62. The summed E-state index contributed by atoms with van der Waals surface area (Å²) in [7, 11) is -3.93. The highest BCUT2D eigenvalue weighted by atomic mass is 32.2. The molecule has 0 aromatic heterocycles. The number of benzene rings is 1. The Hall–Kier alpha value is -2.33. The first-order chi connectivity index (χ1) is 10.8. The first-order valence-electron chi connectivity index (χ1n) is 6.82. The van der Waals surface area contributed by atoms with Crippen molar-refractivity contribution >= 4 is 27.3 Å². The number of hydrazone groups is 1. The Morgan fingerprint density at radius 2 is 1.91 bits per heavy atom. The maximum atomic E-state index is 12.0. The summed E-state index contributed by atoms with van der Waals surface area (Å²) in [6, 6.07) is 4.35. The average Bonchev–Trinajstić information content (AvgIpc) is 2.51. The second-order valence-corrected chi connectivity index (χ2v) is 6.47. The lowest BCUT2D eigenvalue weighted by atomic mass is 10.2. The third-order valence-corrected chi connectivity index (χ3v) is 4.18. The molecule has 0 spiro atoms. The molecule has 0 bridgehead atoms. The number of nitro benzene ring substituents is 1. The number of nitrogens with one attached hydrogen (secondary N) is 2. The van der Waals surface area contributed by atoms with E-state index in [0.717, 1.165) is 42.8 Å². The van der Waals surface area contributed by atoms with E-state index >= 15 is 0 Å². The third-order valence-electron chi connectivity index (χ3n) is 2.76. The van der Waals surface area contributed by atoms with Crippen molar-refractivity contribution in [2.45, 2.75) is 31.6 Å². The van der Waals surface area contributed by atoms with Gasteiger partial charge in [0, 0.05) is 17.8 Å². The molecule has 23 heavy (non-hydrogen) atoms. The van der Waals surface area contributed by atoms with E-state index in [1.54, 1.807) is 6.92 Å². The van der Waals surface area contributed by atoms with Crippen LogP contribution in [0.1, 0.15) is 26.7 Å². The largest absolute Gasteiger partial charge is 0.272 e. The van der Waals surface area contributed by atoms with Gasteiger partial charge in [0.25, 0.3) is 11.6 Å². The fourth-order valence-corrected chi connectivity index (χ4v) is 2.59. The Morgan fingerprint density at radius 1 is 1.30 bits per heavy atom. The van der Waals surface area contributed by atoms with Crippen molar-refractivity contribution in [3.05, 3.63) is 34.4 Å². The summed E-state index contributed by atoms with van der Waals surface area (Å²) in [6.45, 7) is 3.24. The number of carbonyl (C=O) groups excluding carboxylic acids is 1. The van der Waals surface area contributed by atoms with Crippen LogP contribution in [0.2, 0.25) is 0 Å². The second kappa shape index (κ2) is 8.34. The molecule has 0 aliphatic heterocycles. The normalized spacial score (nSPS) is 12.0. The monoisotopic (exact) mass is 342 g/mol. The van der Waals surface area contributed by atoms with Gasteiger partial charge in [-0.25, -0.2) is 18.6 Å². The molecule has 0 radical (unpaired) electrons. The topological polar surface area (TPSA) is 131 Å². The number of sulfonamides is 1.